The number of amides is 1. The van der Waals surface area contributed by atoms with E-state index in [1.165, 1.54) is 4.90 Å². The molecule has 1 aromatic heterocycles. The van der Waals surface area contributed by atoms with Crippen molar-refractivity contribution in [2.24, 2.45) is 0 Å². The zero-order valence-electron chi connectivity index (χ0n) is 15.6. The van der Waals surface area contributed by atoms with Gasteiger partial charge in [0.15, 0.2) is 4.90 Å². The van der Waals surface area contributed by atoms with Crippen LogP contribution in [0.5, 0.6) is 0 Å². The molecule has 1 aliphatic heterocycles. The molecule has 1 amide bonds. The van der Waals surface area contributed by atoms with Gasteiger partial charge in [0.2, 0.25) is 0 Å². The second-order valence-corrected chi connectivity index (χ2v) is 8.35. The molecule has 0 fully saturated rings. The lowest BCUT2D eigenvalue weighted by molar-refractivity contribution is -0.112. The summed E-state index contributed by atoms with van der Waals surface area (Å²) >= 11 is -1.08. The molecule has 1 aliphatic rings. The van der Waals surface area contributed by atoms with Crippen LogP contribution in [0.3, 0.4) is 0 Å². The number of nitrogens with zero attached hydrogens (tertiary/aromatic N) is 1. The molecule has 0 bridgehead atoms. The van der Waals surface area contributed by atoms with E-state index in [9.17, 15) is 14.5 Å². The summed E-state index contributed by atoms with van der Waals surface area (Å²) in [6.07, 6.45) is 1.61. The van der Waals surface area contributed by atoms with Crippen LogP contribution >= 0.6 is 0 Å². The van der Waals surface area contributed by atoms with E-state index in [0.717, 1.165) is 21.9 Å². The molecule has 0 radical (unpaired) electrons. The minimum absolute atomic E-state index is 0.0327. The maximum absolute atomic E-state index is 13.1. The molecule has 1 atom stereocenters. The molecule has 0 saturated heterocycles. The van der Waals surface area contributed by atoms with E-state index in [1.807, 2.05) is 36.4 Å². The Morgan fingerprint density at radius 1 is 1.00 bits per heavy atom. The summed E-state index contributed by atoms with van der Waals surface area (Å²) in [5.74, 6) is -0.231. The minimum Gasteiger partial charge on any atom is -0.612 e. The van der Waals surface area contributed by atoms with Crippen LogP contribution in [0.2, 0.25) is 0 Å². The van der Waals surface area contributed by atoms with Crippen molar-refractivity contribution in [2.45, 2.75) is 4.90 Å². The molecule has 0 saturated carbocycles. The Labute approximate surface area is 170 Å². The second-order valence-electron chi connectivity index (χ2n) is 6.97. The maximum Gasteiger partial charge on any atom is 0.262 e. The number of fused-ring (bicyclic) bond motifs is 3. The van der Waals surface area contributed by atoms with E-state index in [-0.39, 0.29) is 18.2 Å². The monoisotopic (exact) mass is 403 g/mol. The summed E-state index contributed by atoms with van der Waals surface area (Å²) in [7, 11) is 0. The molecule has 29 heavy (non-hydrogen) atoms. The van der Waals surface area contributed by atoms with Gasteiger partial charge in [0.05, 0.1) is 12.1 Å². The van der Waals surface area contributed by atoms with Gasteiger partial charge in [-0.25, -0.2) is 0 Å². The van der Waals surface area contributed by atoms with Crippen LogP contribution in [0.4, 0.5) is 5.69 Å². The molecular formula is C23H17NO4S. The highest BCUT2D eigenvalue weighted by molar-refractivity contribution is 7.90. The number of para-hydroxylation sites is 1. The first-order valence-electron chi connectivity index (χ1n) is 9.12. The van der Waals surface area contributed by atoms with Crippen molar-refractivity contribution in [3.05, 3.63) is 78.1 Å². The first-order chi connectivity index (χ1) is 14.0. The zero-order chi connectivity index (χ0) is 20.1. The highest BCUT2D eigenvalue weighted by Gasteiger charge is 2.32. The predicted octanol–water partition coefficient (Wildman–Crippen LogP) is 4.64. The Bertz CT molecular complexity index is 1290. The van der Waals surface area contributed by atoms with Crippen LogP contribution in [-0.2, 0) is 16.0 Å². The number of carbonyl (C=O) groups excluding carboxylic acids is 1. The van der Waals surface area contributed by atoms with Crippen molar-refractivity contribution in [1.29, 1.82) is 0 Å². The van der Waals surface area contributed by atoms with Gasteiger partial charge >= 0.3 is 0 Å². The van der Waals surface area contributed by atoms with Gasteiger partial charge in [-0.05, 0) is 59.2 Å². The molecule has 144 valence electrons. The number of carbonyl (C=O) groups is 1. The third-order valence-corrected chi connectivity index (χ3v) is 6.14. The maximum atomic E-state index is 13.1. The highest BCUT2D eigenvalue weighted by Crippen LogP contribution is 2.35. The fraction of sp³-hybridized carbons (Fsp3) is 0.0870. The van der Waals surface area contributed by atoms with Crippen LogP contribution in [0.1, 0.15) is 5.56 Å². The Morgan fingerprint density at radius 3 is 2.48 bits per heavy atom. The first kappa shape index (κ1) is 17.8. The van der Waals surface area contributed by atoms with Crippen LogP contribution in [0.15, 0.2) is 81.8 Å². The molecule has 1 unspecified atom stereocenters. The molecule has 3 aromatic carbocycles. The van der Waals surface area contributed by atoms with E-state index in [4.69, 9.17) is 4.42 Å². The van der Waals surface area contributed by atoms with Gasteiger partial charge in [-0.1, -0.05) is 24.3 Å². The summed E-state index contributed by atoms with van der Waals surface area (Å²) in [5.41, 5.74) is 3.12. The van der Waals surface area contributed by atoms with Crippen LogP contribution in [-0.4, -0.2) is 28.4 Å². The third-order valence-electron chi connectivity index (χ3n) is 5.20. The summed E-state index contributed by atoms with van der Waals surface area (Å²) in [6.45, 7) is 0.104. The van der Waals surface area contributed by atoms with Crippen LogP contribution in [0.25, 0.3) is 27.5 Å². The van der Waals surface area contributed by atoms with Gasteiger partial charge in [0.25, 0.3) is 5.91 Å². The van der Waals surface area contributed by atoms with Gasteiger partial charge < -0.3 is 19.0 Å². The summed E-state index contributed by atoms with van der Waals surface area (Å²) in [4.78, 5) is 15.3. The van der Waals surface area contributed by atoms with Crippen molar-refractivity contribution in [3.8, 4) is 0 Å². The van der Waals surface area contributed by atoms with E-state index < -0.39 is 11.2 Å². The number of hydrogen-bond donors (Lipinski definition) is 1. The van der Waals surface area contributed by atoms with Gasteiger partial charge in [-0.3, -0.25) is 4.79 Å². The van der Waals surface area contributed by atoms with Crippen molar-refractivity contribution >= 4 is 50.3 Å². The number of hydrogen-bond acceptors (Lipinski definition) is 4. The summed E-state index contributed by atoms with van der Waals surface area (Å²) in [5, 5.41) is 12.4. The lowest BCUT2D eigenvalue weighted by Crippen LogP contribution is -2.26. The molecule has 0 spiro atoms. The van der Waals surface area contributed by atoms with Gasteiger partial charge in [0.1, 0.15) is 23.2 Å². The number of furan rings is 1. The molecule has 5 nitrogen and oxygen atoms in total. The Hall–Kier alpha value is -3.22. The van der Waals surface area contributed by atoms with Crippen molar-refractivity contribution < 1.29 is 18.9 Å². The molecule has 1 N–H and O–H groups in total. The number of benzene rings is 3. The van der Waals surface area contributed by atoms with E-state index in [0.29, 0.717) is 21.7 Å². The number of aliphatic hydroxyl groups excluding tert-OH is 1. The Balaban J connectivity index is 1.53. The molecule has 5 rings (SSSR count). The molecule has 2 heterocycles. The highest BCUT2D eigenvalue weighted by atomic mass is 32.2. The first-order valence-corrected chi connectivity index (χ1v) is 10.7. The largest absolute Gasteiger partial charge is 0.612 e. The van der Waals surface area contributed by atoms with Crippen LogP contribution < -0.4 is 4.90 Å². The molecule has 4 aromatic rings. The quantitative estimate of drug-likeness (QED) is 0.506. The van der Waals surface area contributed by atoms with E-state index in [2.05, 4.69) is 0 Å². The SMILES string of the molecule is C[S+]([O-])c1ccc(N2CC(O)=C(c3ccc4oc5ccccc5c4c3)C2=O)cc1. The summed E-state index contributed by atoms with van der Waals surface area (Å²) < 4.78 is 17.4. The lowest BCUT2D eigenvalue weighted by atomic mass is 10.0. The number of anilines is 1. The fourth-order valence-corrected chi connectivity index (χ4v) is 4.28. The van der Waals surface area contributed by atoms with E-state index >= 15 is 0 Å². The van der Waals surface area contributed by atoms with Crippen molar-refractivity contribution in [2.75, 3.05) is 17.7 Å². The Morgan fingerprint density at radius 2 is 1.72 bits per heavy atom. The van der Waals surface area contributed by atoms with Crippen molar-refractivity contribution in [3.63, 3.8) is 0 Å². The normalized spacial score (nSPS) is 15.7. The zero-order valence-corrected chi connectivity index (χ0v) is 16.4. The number of rotatable bonds is 3. The Kier molecular flexibility index (Phi) is 4.12. The lowest BCUT2D eigenvalue weighted by Gasteiger charge is -2.17. The van der Waals surface area contributed by atoms with Crippen LogP contribution in [0, 0.1) is 0 Å². The van der Waals surface area contributed by atoms with Gasteiger partial charge in [0, 0.05) is 16.5 Å². The van der Waals surface area contributed by atoms with E-state index in [1.54, 1.807) is 36.6 Å². The molecule has 0 aliphatic carbocycles. The average Bonchev–Trinajstić information content (AvgIpc) is 3.24. The molecule has 6 heteroatoms. The van der Waals surface area contributed by atoms with Crippen molar-refractivity contribution in [1.82, 2.24) is 0 Å². The summed E-state index contributed by atoms with van der Waals surface area (Å²) in [6, 6.07) is 20.2. The smallest absolute Gasteiger partial charge is 0.262 e. The third kappa shape index (κ3) is 2.88. The van der Waals surface area contributed by atoms with Gasteiger partial charge in [-0.2, -0.15) is 0 Å². The topological polar surface area (TPSA) is 76.7 Å². The predicted molar refractivity (Wildman–Crippen MR) is 114 cm³/mol. The second kappa shape index (κ2) is 6.69. The average molecular weight is 403 g/mol. The van der Waals surface area contributed by atoms with Gasteiger partial charge in [-0.15, -0.1) is 0 Å². The number of aliphatic hydroxyl groups is 1. The minimum atomic E-state index is -1.08. The molecular weight excluding hydrogens is 386 g/mol. The standard InChI is InChI=1S/C23H17NO4S/c1-29(27)16-9-7-15(8-10-16)24-13-19(25)22(23(24)26)14-6-11-21-18(12-14)17-4-2-3-5-20(17)28-21/h2-12,25H,13H2,1H3. The fourth-order valence-electron chi connectivity index (χ4n) is 3.76.